The van der Waals surface area contributed by atoms with Crippen molar-refractivity contribution in [1.82, 2.24) is 9.97 Å². The smallest absolute Gasteiger partial charge is 0.196 e. The maximum absolute atomic E-state index is 13.7. The number of fused-ring (bicyclic) bond motifs is 2. The molecular weight excluding hydrogens is 422 g/mol. The van der Waals surface area contributed by atoms with Gasteiger partial charge in [-0.05, 0) is 38.1 Å². The van der Waals surface area contributed by atoms with Gasteiger partial charge in [0.05, 0.1) is 16.9 Å². The standard InChI is InChI=1S/C29H21N3O2/c1-17-7-11-19(12-8-17)32-23-15-24(34-20-13-9-18(2)10-14-20)28-26-25(23)29(33)22-6-4-3-5-21(22)27(26)30-16-31-28/h3-16,32H,1-2H3. The molecule has 1 aliphatic rings. The molecule has 6 rings (SSSR count). The van der Waals surface area contributed by atoms with Crippen LogP contribution >= 0.6 is 0 Å². The Morgan fingerprint density at radius 1 is 0.794 bits per heavy atom. The van der Waals surface area contributed by atoms with Crippen LogP contribution in [0.4, 0.5) is 11.4 Å². The van der Waals surface area contributed by atoms with Crippen LogP contribution in [0.15, 0.2) is 85.2 Å². The molecule has 0 atom stereocenters. The topological polar surface area (TPSA) is 64.1 Å². The summed E-state index contributed by atoms with van der Waals surface area (Å²) in [6.07, 6.45) is 1.53. The van der Waals surface area contributed by atoms with Crippen LogP contribution in [-0.4, -0.2) is 15.8 Å². The van der Waals surface area contributed by atoms with E-state index >= 15 is 0 Å². The minimum atomic E-state index is -0.0561. The molecule has 0 fully saturated rings. The Hall–Kier alpha value is -4.51. The van der Waals surface area contributed by atoms with Gasteiger partial charge in [-0.15, -0.1) is 0 Å². The second-order valence-electron chi connectivity index (χ2n) is 8.52. The molecular formula is C29H21N3O2. The minimum Gasteiger partial charge on any atom is -0.455 e. The SMILES string of the molecule is Cc1ccc(Nc2cc(Oc3ccc(C)cc3)c3ncnc4c3c2C(=O)c2ccccc2-4)cc1. The highest BCUT2D eigenvalue weighted by atomic mass is 16.5. The first-order valence-electron chi connectivity index (χ1n) is 11.1. The van der Waals surface area contributed by atoms with Crippen LogP contribution in [0, 0.1) is 13.8 Å². The van der Waals surface area contributed by atoms with Gasteiger partial charge >= 0.3 is 0 Å². The van der Waals surface area contributed by atoms with E-state index in [1.54, 1.807) is 0 Å². The quantitative estimate of drug-likeness (QED) is 0.318. The molecule has 164 valence electrons. The molecule has 0 spiro atoms. The van der Waals surface area contributed by atoms with Gasteiger partial charge in [-0.3, -0.25) is 4.79 Å². The van der Waals surface area contributed by atoms with Crippen molar-refractivity contribution in [2.24, 2.45) is 0 Å². The van der Waals surface area contributed by atoms with Gasteiger partial charge in [0, 0.05) is 28.3 Å². The molecule has 5 nitrogen and oxygen atoms in total. The number of aryl methyl sites for hydroxylation is 2. The summed E-state index contributed by atoms with van der Waals surface area (Å²) in [4.78, 5) is 22.9. The van der Waals surface area contributed by atoms with E-state index in [2.05, 4.69) is 15.3 Å². The van der Waals surface area contributed by atoms with E-state index in [4.69, 9.17) is 4.74 Å². The first kappa shape index (κ1) is 20.1. The zero-order valence-electron chi connectivity index (χ0n) is 18.8. The fourth-order valence-corrected chi connectivity index (χ4v) is 4.38. The van der Waals surface area contributed by atoms with Crippen LogP contribution < -0.4 is 10.1 Å². The van der Waals surface area contributed by atoms with Crippen molar-refractivity contribution in [2.75, 3.05) is 5.32 Å². The fourth-order valence-electron chi connectivity index (χ4n) is 4.38. The molecule has 0 aliphatic heterocycles. The van der Waals surface area contributed by atoms with Crippen molar-refractivity contribution in [3.8, 4) is 22.8 Å². The van der Waals surface area contributed by atoms with Crippen LogP contribution in [0.3, 0.4) is 0 Å². The third-order valence-corrected chi connectivity index (χ3v) is 6.11. The Morgan fingerprint density at radius 2 is 1.47 bits per heavy atom. The Balaban J connectivity index is 1.61. The van der Waals surface area contributed by atoms with Crippen LogP contribution in [0.25, 0.3) is 22.2 Å². The highest BCUT2D eigenvalue weighted by molar-refractivity contribution is 6.28. The van der Waals surface area contributed by atoms with Crippen molar-refractivity contribution in [1.29, 1.82) is 0 Å². The largest absolute Gasteiger partial charge is 0.455 e. The van der Waals surface area contributed by atoms with Gasteiger partial charge in [0.15, 0.2) is 11.5 Å². The zero-order chi connectivity index (χ0) is 23.2. The number of carbonyl (C=O) groups is 1. The number of hydrogen-bond donors (Lipinski definition) is 1. The molecule has 34 heavy (non-hydrogen) atoms. The summed E-state index contributed by atoms with van der Waals surface area (Å²) in [6, 6.07) is 25.3. The molecule has 0 saturated heterocycles. The summed E-state index contributed by atoms with van der Waals surface area (Å²) in [5.74, 6) is 1.21. The minimum absolute atomic E-state index is 0.0561. The zero-order valence-corrected chi connectivity index (χ0v) is 18.8. The predicted molar refractivity (Wildman–Crippen MR) is 134 cm³/mol. The van der Waals surface area contributed by atoms with Gasteiger partial charge in [-0.2, -0.15) is 0 Å². The average Bonchev–Trinajstić information content (AvgIpc) is 2.86. The second-order valence-corrected chi connectivity index (χ2v) is 8.52. The number of aromatic nitrogens is 2. The van der Waals surface area contributed by atoms with E-state index in [1.165, 1.54) is 6.33 Å². The summed E-state index contributed by atoms with van der Waals surface area (Å²) in [7, 11) is 0. The lowest BCUT2D eigenvalue weighted by Gasteiger charge is -2.23. The van der Waals surface area contributed by atoms with E-state index in [0.29, 0.717) is 39.2 Å². The van der Waals surface area contributed by atoms with Crippen molar-refractivity contribution in [3.63, 3.8) is 0 Å². The van der Waals surface area contributed by atoms with Crippen molar-refractivity contribution in [3.05, 3.63) is 107 Å². The van der Waals surface area contributed by atoms with Gasteiger partial charge in [0.2, 0.25) is 0 Å². The van der Waals surface area contributed by atoms with Crippen LogP contribution in [0.5, 0.6) is 11.5 Å². The summed E-state index contributed by atoms with van der Waals surface area (Å²) < 4.78 is 6.30. The van der Waals surface area contributed by atoms with Crippen LogP contribution in [0.2, 0.25) is 0 Å². The number of ketones is 1. The average molecular weight is 444 g/mol. The number of benzene rings is 4. The molecule has 0 unspecified atom stereocenters. The lowest BCUT2D eigenvalue weighted by molar-refractivity contribution is 0.104. The summed E-state index contributed by atoms with van der Waals surface area (Å²) in [5.41, 5.74) is 7.19. The van der Waals surface area contributed by atoms with Crippen molar-refractivity contribution < 1.29 is 9.53 Å². The summed E-state index contributed by atoms with van der Waals surface area (Å²) in [5, 5.41) is 4.14. The number of hydrogen-bond acceptors (Lipinski definition) is 5. The number of rotatable bonds is 4. The predicted octanol–water partition coefficient (Wildman–Crippen LogP) is 6.99. The molecule has 0 bridgehead atoms. The number of nitrogens with zero attached hydrogens (tertiary/aromatic N) is 2. The lowest BCUT2D eigenvalue weighted by atomic mass is 9.85. The van der Waals surface area contributed by atoms with E-state index < -0.39 is 0 Å². The van der Waals surface area contributed by atoms with Crippen LogP contribution in [0.1, 0.15) is 27.0 Å². The van der Waals surface area contributed by atoms with Gasteiger partial charge in [0.25, 0.3) is 0 Å². The first-order valence-corrected chi connectivity index (χ1v) is 11.1. The molecule has 0 saturated carbocycles. The van der Waals surface area contributed by atoms with Crippen molar-refractivity contribution in [2.45, 2.75) is 13.8 Å². The number of anilines is 2. The van der Waals surface area contributed by atoms with E-state index in [1.807, 2.05) is 92.7 Å². The Morgan fingerprint density at radius 3 is 2.21 bits per heavy atom. The molecule has 0 radical (unpaired) electrons. The summed E-state index contributed by atoms with van der Waals surface area (Å²) >= 11 is 0. The molecule has 4 aromatic carbocycles. The van der Waals surface area contributed by atoms with Gasteiger partial charge in [-0.25, -0.2) is 9.97 Å². The molecule has 1 heterocycles. The van der Waals surface area contributed by atoms with Crippen LogP contribution in [-0.2, 0) is 0 Å². The van der Waals surface area contributed by atoms with Gasteiger partial charge in [0.1, 0.15) is 17.6 Å². The monoisotopic (exact) mass is 443 g/mol. The maximum Gasteiger partial charge on any atom is 0.196 e. The van der Waals surface area contributed by atoms with E-state index in [0.717, 1.165) is 28.1 Å². The molecule has 1 N–H and O–H groups in total. The number of carbonyl (C=O) groups excluding carboxylic acids is 1. The van der Waals surface area contributed by atoms with Gasteiger partial charge < -0.3 is 10.1 Å². The first-order chi connectivity index (χ1) is 16.6. The molecule has 5 aromatic rings. The maximum atomic E-state index is 13.7. The lowest BCUT2D eigenvalue weighted by Crippen LogP contribution is -2.14. The third-order valence-electron chi connectivity index (χ3n) is 6.11. The highest BCUT2D eigenvalue weighted by Crippen LogP contribution is 2.45. The molecule has 1 aliphatic carbocycles. The Bertz CT molecular complexity index is 1570. The fraction of sp³-hybridized carbons (Fsp3) is 0.0690. The number of ether oxygens (including phenoxy) is 1. The normalized spacial score (nSPS) is 11.9. The Labute approximate surface area is 197 Å². The van der Waals surface area contributed by atoms with Crippen molar-refractivity contribution >= 4 is 28.1 Å². The molecule has 5 heteroatoms. The molecule has 0 amide bonds. The highest BCUT2D eigenvalue weighted by Gasteiger charge is 2.31. The summed E-state index contributed by atoms with van der Waals surface area (Å²) in [6.45, 7) is 4.08. The van der Waals surface area contributed by atoms with E-state index in [-0.39, 0.29) is 5.78 Å². The van der Waals surface area contributed by atoms with E-state index in [9.17, 15) is 4.79 Å². The second kappa shape index (κ2) is 7.81. The molecule has 1 aromatic heterocycles. The third kappa shape index (κ3) is 3.30. The van der Waals surface area contributed by atoms with Gasteiger partial charge in [-0.1, -0.05) is 59.7 Å². The number of nitrogens with one attached hydrogen (secondary N) is 1. The Kier molecular flexibility index (Phi) is 4.62.